The molecule has 0 saturated heterocycles. The molecule has 21 heavy (non-hydrogen) atoms. The smallest absolute Gasteiger partial charge is 0.224 e. The molecule has 0 aliphatic rings. The third-order valence-corrected chi connectivity index (χ3v) is 4.35. The van der Waals surface area contributed by atoms with Crippen LogP contribution in [0.4, 0.5) is 0 Å². The second-order valence-corrected chi connectivity index (χ2v) is 6.14. The fraction of sp³-hybridized carbons (Fsp3) is 0.389. The maximum atomic E-state index is 12.4. The average Bonchev–Trinajstić information content (AvgIpc) is 2.47. The molecule has 1 unspecified atom stereocenters. The molecule has 0 aromatic heterocycles. The van der Waals surface area contributed by atoms with Crippen LogP contribution in [0.5, 0.6) is 0 Å². The molecule has 0 bridgehead atoms. The summed E-state index contributed by atoms with van der Waals surface area (Å²) in [5.41, 5.74) is 6.52. The highest BCUT2D eigenvalue weighted by molar-refractivity contribution is 5.90. The number of carbonyl (C=O) groups is 1. The van der Waals surface area contributed by atoms with Crippen LogP contribution in [0.1, 0.15) is 26.3 Å². The number of rotatable bonds is 5. The minimum Gasteiger partial charge on any atom is -0.349 e. The van der Waals surface area contributed by atoms with Gasteiger partial charge in [0.15, 0.2) is 0 Å². The molecular weight excluding hydrogens is 260 g/mol. The number of hydrogen-bond acceptors (Lipinski definition) is 2. The number of amides is 1. The molecule has 0 heterocycles. The van der Waals surface area contributed by atoms with Crippen molar-refractivity contribution in [3.8, 4) is 0 Å². The van der Waals surface area contributed by atoms with Gasteiger partial charge in [0.25, 0.3) is 0 Å². The Hall–Kier alpha value is -1.87. The second-order valence-electron chi connectivity index (χ2n) is 6.14. The lowest BCUT2D eigenvalue weighted by Gasteiger charge is -2.33. The summed E-state index contributed by atoms with van der Waals surface area (Å²) in [6.45, 7) is 6.58. The van der Waals surface area contributed by atoms with E-state index in [1.165, 1.54) is 0 Å². The molecule has 3 nitrogen and oxygen atoms in total. The van der Waals surface area contributed by atoms with Gasteiger partial charge in [-0.05, 0) is 29.2 Å². The maximum absolute atomic E-state index is 12.4. The van der Waals surface area contributed by atoms with Crippen molar-refractivity contribution < 1.29 is 4.79 Å². The van der Waals surface area contributed by atoms with Gasteiger partial charge in [-0.1, -0.05) is 56.3 Å². The van der Waals surface area contributed by atoms with Crippen molar-refractivity contribution in [2.24, 2.45) is 11.7 Å². The lowest BCUT2D eigenvalue weighted by atomic mass is 9.88. The Morgan fingerprint density at radius 3 is 2.52 bits per heavy atom. The number of hydrogen-bond donors (Lipinski definition) is 2. The Morgan fingerprint density at radius 1 is 1.19 bits per heavy atom. The van der Waals surface area contributed by atoms with Gasteiger partial charge in [-0.15, -0.1) is 0 Å². The van der Waals surface area contributed by atoms with Gasteiger partial charge < -0.3 is 11.1 Å². The van der Waals surface area contributed by atoms with E-state index >= 15 is 0 Å². The summed E-state index contributed by atoms with van der Waals surface area (Å²) >= 11 is 0. The van der Waals surface area contributed by atoms with Crippen molar-refractivity contribution in [1.82, 2.24) is 5.32 Å². The Labute approximate surface area is 126 Å². The third-order valence-electron chi connectivity index (χ3n) is 4.35. The van der Waals surface area contributed by atoms with Crippen molar-refractivity contribution in [2.45, 2.75) is 32.7 Å². The first-order chi connectivity index (χ1) is 9.96. The standard InChI is InChI=1S/C18H24N2O/c1-13(2)18(3,12-19)20-17(21)11-15-9-6-8-14-7-4-5-10-16(14)15/h4-10,13H,11-12,19H2,1-3H3,(H,20,21). The van der Waals surface area contributed by atoms with Crippen molar-refractivity contribution >= 4 is 16.7 Å². The van der Waals surface area contributed by atoms with E-state index in [4.69, 9.17) is 5.73 Å². The highest BCUT2D eigenvalue weighted by atomic mass is 16.1. The first-order valence-corrected chi connectivity index (χ1v) is 7.44. The molecule has 1 atom stereocenters. The van der Waals surface area contributed by atoms with Crippen LogP contribution in [0.3, 0.4) is 0 Å². The number of benzene rings is 2. The summed E-state index contributed by atoms with van der Waals surface area (Å²) in [4.78, 5) is 12.4. The van der Waals surface area contributed by atoms with Crippen LogP contribution in [-0.2, 0) is 11.2 Å². The zero-order valence-corrected chi connectivity index (χ0v) is 13.0. The molecule has 112 valence electrons. The van der Waals surface area contributed by atoms with E-state index in [-0.39, 0.29) is 11.4 Å². The van der Waals surface area contributed by atoms with Gasteiger partial charge in [0, 0.05) is 6.54 Å². The minimum atomic E-state index is -0.359. The molecule has 2 aromatic carbocycles. The van der Waals surface area contributed by atoms with Gasteiger partial charge in [-0.2, -0.15) is 0 Å². The van der Waals surface area contributed by atoms with Gasteiger partial charge in [0.05, 0.1) is 12.0 Å². The Balaban J connectivity index is 2.19. The predicted octanol–water partition coefficient (Wildman–Crippen LogP) is 2.87. The van der Waals surface area contributed by atoms with E-state index in [2.05, 4.69) is 37.4 Å². The molecule has 3 heteroatoms. The molecule has 0 saturated carbocycles. The molecule has 0 fully saturated rings. The number of nitrogens with one attached hydrogen (secondary N) is 1. The van der Waals surface area contributed by atoms with E-state index in [0.717, 1.165) is 16.3 Å². The minimum absolute atomic E-state index is 0.0213. The summed E-state index contributed by atoms with van der Waals surface area (Å²) in [7, 11) is 0. The molecule has 2 rings (SSSR count). The Morgan fingerprint density at radius 2 is 1.86 bits per heavy atom. The normalized spacial score (nSPS) is 14.1. The van der Waals surface area contributed by atoms with Crippen LogP contribution >= 0.6 is 0 Å². The van der Waals surface area contributed by atoms with E-state index in [1.807, 2.05) is 31.2 Å². The summed E-state index contributed by atoms with van der Waals surface area (Å²) in [5.74, 6) is 0.312. The van der Waals surface area contributed by atoms with Crippen LogP contribution in [-0.4, -0.2) is 18.0 Å². The largest absolute Gasteiger partial charge is 0.349 e. The number of fused-ring (bicyclic) bond motifs is 1. The first kappa shape index (κ1) is 15.5. The Bertz CT molecular complexity index is 631. The summed E-state index contributed by atoms with van der Waals surface area (Å²) in [6.07, 6.45) is 0.379. The van der Waals surface area contributed by atoms with E-state index in [1.54, 1.807) is 0 Å². The van der Waals surface area contributed by atoms with E-state index in [9.17, 15) is 4.79 Å². The van der Waals surface area contributed by atoms with Crippen LogP contribution in [0.2, 0.25) is 0 Å². The molecule has 0 spiro atoms. The van der Waals surface area contributed by atoms with Crippen LogP contribution < -0.4 is 11.1 Å². The first-order valence-electron chi connectivity index (χ1n) is 7.44. The number of nitrogens with two attached hydrogens (primary N) is 1. The predicted molar refractivity (Wildman–Crippen MR) is 88.1 cm³/mol. The van der Waals surface area contributed by atoms with E-state index < -0.39 is 0 Å². The lowest BCUT2D eigenvalue weighted by molar-refractivity contribution is -0.122. The van der Waals surface area contributed by atoms with Crippen molar-refractivity contribution in [3.63, 3.8) is 0 Å². The fourth-order valence-corrected chi connectivity index (χ4v) is 2.41. The van der Waals surface area contributed by atoms with Crippen LogP contribution in [0.15, 0.2) is 42.5 Å². The average molecular weight is 284 g/mol. The SMILES string of the molecule is CC(C)C(C)(CN)NC(=O)Cc1cccc2ccccc12. The van der Waals surface area contributed by atoms with Crippen LogP contribution in [0, 0.1) is 5.92 Å². The second kappa shape index (κ2) is 6.27. The third kappa shape index (κ3) is 3.42. The van der Waals surface area contributed by atoms with Gasteiger partial charge in [0.2, 0.25) is 5.91 Å². The van der Waals surface area contributed by atoms with Gasteiger partial charge in [0.1, 0.15) is 0 Å². The molecular formula is C18H24N2O. The molecule has 2 aromatic rings. The summed E-state index contributed by atoms with van der Waals surface area (Å²) < 4.78 is 0. The molecule has 3 N–H and O–H groups in total. The highest BCUT2D eigenvalue weighted by Gasteiger charge is 2.28. The fourth-order valence-electron chi connectivity index (χ4n) is 2.41. The molecule has 0 aliphatic heterocycles. The monoisotopic (exact) mass is 284 g/mol. The quantitative estimate of drug-likeness (QED) is 0.887. The lowest BCUT2D eigenvalue weighted by Crippen LogP contribution is -2.55. The van der Waals surface area contributed by atoms with Gasteiger partial charge in [-0.25, -0.2) is 0 Å². The highest BCUT2D eigenvalue weighted by Crippen LogP contribution is 2.20. The zero-order valence-electron chi connectivity index (χ0n) is 13.0. The van der Waals surface area contributed by atoms with Gasteiger partial charge in [-0.3, -0.25) is 4.79 Å². The zero-order chi connectivity index (χ0) is 15.5. The van der Waals surface area contributed by atoms with E-state index in [0.29, 0.717) is 18.9 Å². The van der Waals surface area contributed by atoms with Gasteiger partial charge >= 0.3 is 0 Å². The number of carbonyl (C=O) groups excluding carboxylic acids is 1. The molecule has 0 radical (unpaired) electrons. The maximum Gasteiger partial charge on any atom is 0.224 e. The summed E-state index contributed by atoms with van der Waals surface area (Å²) in [6, 6.07) is 14.2. The van der Waals surface area contributed by atoms with Crippen molar-refractivity contribution in [1.29, 1.82) is 0 Å². The molecule has 0 aliphatic carbocycles. The Kier molecular flexibility index (Phi) is 4.63. The molecule has 1 amide bonds. The topological polar surface area (TPSA) is 55.1 Å². The summed E-state index contributed by atoms with van der Waals surface area (Å²) in [5, 5.41) is 5.39. The van der Waals surface area contributed by atoms with Crippen molar-refractivity contribution in [2.75, 3.05) is 6.54 Å². The van der Waals surface area contributed by atoms with Crippen LogP contribution in [0.25, 0.3) is 10.8 Å². The van der Waals surface area contributed by atoms with Crippen molar-refractivity contribution in [3.05, 3.63) is 48.0 Å².